The highest BCUT2D eigenvalue weighted by Gasteiger charge is 2.30. The van der Waals surface area contributed by atoms with Crippen LogP contribution in [0.15, 0.2) is 164 Å². The lowest BCUT2D eigenvalue weighted by molar-refractivity contribution is -0.113. The number of nitrogens with one attached hydrogen (secondary N) is 5. The predicted molar refractivity (Wildman–Crippen MR) is 456 cm³/mol. The second kappa shape index (κ2) is 35.3. The fourth-order valence-electron chi connectivity index (χ4n) is 13.5. The average Bonchev–Trinajstić information content (AvgIpc) is 1.64. The second-order valence-electron chi connectivity index (χ2n) is 27.3. The van der Waals surface area contributed by atoms with Crippen molar-refractivity contribution in [2.24, 2.45) is 0 Å². The summed E-state index contributed by atoms with van der Waals surface area (Å²) in [5.74, 6) is -1.88. The molecule has 18 rings (SSSR count). The molecule has 0 saturated heterocycles. The van der Waals surface area contributed by atoms with Crippen LogP contribution in [0, 0.1) is 24.4 Å². The van der Waals surface area contributed by atoms with Crippen LogP contribution in [-0.4, -0.2) is 54.5 Å². The zero-order valence-corrected chi connectivity index (χ0v) is 70.0. The van der Waals surface area contributed by atoms with Crippen molar-refractivity contribution in [2.45, 2.75) is 117 Å². The summed E-state index contributed by atoms with van der Waals surface area (Å²) in [6, 6.07) is 33.5. The molecule has 0 radical (unpaired) electrons. The van der Waals surface area contributed by atoms with Crippen molar-refractivity contribution >= 4 is 207 Å². The average molecular weight is 1780 g/mol. The van der Waals surface area contributed by atoms with Gasteiger partial charge >= 0.3 is 0 Å². The molecule has 0 saturated carbocycles. The van der Waals surface area contributed by atoms with Crippen molar-refractivity contribution in [3.8, 4) is 0 Å². The minimum Gasteiger partial charge on any atom is -0.298 e. The summed E-state index contributed by atoms with van der Waals surface area (Å²) in [5, 5.41) is 21.1. The number of anilines is 5. The van der Waals surface area contributed by atoms with Crippen molar-refractivity contribution in [3.05, 3.63) is 290 Å². The van der Waals surface area contributed by atoms with Gasteiger partial charge in [0.15, 0.2) is 25.7 Å². The number of aromatic nitrogens is 5. The summed E-state index contributed by atoms with van der Waals surface area (Å²) in [5.41, 5.74) is 18.0. The first-order valence-corrected chi connectivity index (χ1v) is 42.7. The van der Waals surface area contributed by atoms with Gasteiger partial charge in [-0.2, -0.15) is 0 Å². The van der Waals surface area contributed by atoms with Crippen molar-refractivity contribution in [1.82, 2.24) is 24.9 Å². The van der Waals surface area contributed by atoms with Crippen LogP contribution in [0.4, 0.5) is 38.8 Å². The molecule has 11 aromatic rings. The molecule has 0 spiro atoms. The van der Waals surface area contributed by atoms with E-state index in [1.54, 1.807) is 41.0 Å². The lowest BCUT2D eigenvalue weighted by Crippen LogP contribution is -2.14. The first kappa shape index (κ1) is 79.8. The number of hydrogen-bond acceptors (Lipinski definition) is 15. The number of carbonyl (C=O) groups is 5. The first-order valence-electron chi connectivity index (χ1n) is 35.9. The summed E-state index contributed by atoms with van der Waals surface area (Å²) in [6.07, 6.45) is 17.8. The third-order valence-electron chi connectivity index (χ3n) is 19.3. The molecule has 5 amide bonds. The fourth-order valence-corrected chi connectivity index (χ4v) is 19.8. The molecule has 0 fully saturated rings. The molecule has 7 aliphatic rings. The van der Waals surface area contributed by atoms with Crippen molar-refractivity contribution in [3.63, 3.8) is 0 Å². The molecule has 0 aliphatic heterocycles. The Morgan fingerprint density at radius 1 is 0.518 bits per heavy atom. The Bertz CT molecular complexity index is 5600. The van der Waals surface area contributed by atoms with Crippen LogP contribution in [0.25, 0.3) is 28.3 Å². The van der Waals surface area contributed by atoms with Gasteiger partial charge in [-0.3, -0.25) is 50.6 Å². The monoisotopic (exact) mass is 1780 g/mol. The second-order valence-corrected chi connectivity index (χ2v) is 35.7. The highest BCUT2D eigenvalue weighted by molar-refractivity contribution is 9.10. The van der Waals surface area contributed by atoms with Crippen molar-refractivity contribution in [1.29, 1.82) is 0 Å². The normalized spacial score (nSPS) is 14.1. The first-order chi connectivity index (χ1) is 53.9. The number of rotatable bonds is 14. The molecule has 6 aromatic carbocycles. The fraction of sp³-hybridized carbons (Fsp3) is 0.214. The van der Waals surface area contributed by atoms with Crippen LogP contribution in [-0.2, 0) is 94.6 Å². The lowest BCUT2D eigenvalue weighted by Gasteiger charge is -2.03. The van der Waals surface area contributed by atoms with Gasteiger partial charge in [-0.15, -0.1) is 56.7 Å². The standard InChI is InChI=1S/C20H13ClF2N2OS.C16H14BrClN2OS.C16H13BrN2OS.C16H15ClN2OS.C16H13FN2OS/c21-18-15-4-2-1-3-11(15)8-16(18)19(26)25-20-24-10-14(27-20)7-12-5-6-13(22)9-17(12)23;1-3-13-8(2)22-16(19-13)20-15(21)12-6-9-4-5-10(17)7-11(9)14(12)18;17-12-5-4-9-6-11(7-10(9)8-12)15(20)19-16-18-13-2-1-3-14(13)21-16;1-9(2)14-8-21-16(18-14)19-15(20)11-6-10-4-3-5-13(17)12(10)7-11;17-12-5-4-9-6-11(7-10(9)8-12)15(20)19-16-18-13-2-1-3-14(13)21-16/h1-6,9-10H,7-8H2,(H,24,25,26);4-5,7H,3,6H2,1-2H3,(H,19,20,21);4-5,7-8H,1-3,6H2,(H,18,19,20);3-5,7-9H,6H2,1-2H3,(H,18,19,20);4-5,7-8H,1-3,6H2,(H,18,19,20). The van der Waals surface area contributed by atoms with Crippen LogP contribution < -0.4 is 26.6 Å². The Labute approximate surface area is 696 Å². The van der Waals surface area contributed by atoms with Crippen molar-refractivity contribution < 1.29 is 37.1 Å². The Hall–Kier alpha value is -8.86. The minimum atomic E-state index is -0.615. The molecular weight excluding hydrogens is 1710 g/mol. The van der Waals surface area contributed by atoms with Gasteiger partial charge in [-0.05, 0) is 186 Å². The maximum Gasteiger partial charge on any atom is 0.255 e. The Kier molecular flexibility index (Phi) is 25.1. The highest BCUT2D eigenvalue weighted by atomic mass is 79.9. The van der Waals surface area contributed by atoms with Crippen molar-refractivity contribution in [2.75, 3.05) is 26.6 Å². The van der Waals surface area contributed by atoms with Crippen LogP contribution in [0.1, 0.15) is 143 Å². The molecule has 0 unspecified atom stereocenters. The van der Waals surface area contributed by atoms with E-state index in [1.165, 1.54) is 85.7 Å². The van der Waals surface area contributed by atoms with Crippen LogP contribution in [0.3, 0.4) is 0 Å². The summed E-state index contributed by atoms with van der Waals surface area (Å²) in [4.78, 5) is 88.6. The van der Waals surface area contributed by atoms with Crippen LogP contribution in [0.5, 0.6) is 0 Å². The van der Waals surface area contributed by atoms with Gasteiger partial charge in [0.25, 0.3) is 29.5 Å². The molecule has 7 aliphatic carbocycles. The Balaban J connectivity index is 0.000000117. The summed E-state index contributed by atoms with van der Waals surface area (Å²) < 4.78 is 42.0. The number of nitrogens with zero attached hydrogens (tertiary/aromatic N) is 5. The maximum absolute atomic E-state index is 13.8. The maximum atomic E-state index is 13.8. The van der Waals surface area contributed by atoms with Crippen LogP contribution in [0.2, 0.25) is 5.02 Å². The van der Waals surface area contributed by atoms with E-state index in [1.807, 2.05) is 97.3 Å². The number of hydrogen-bond donors (Lipinski definition) is 5. The number of halogens is 8. The van der Waals surface area contributed by atoms with Gasteiger partial charge in [-0.25, -0.2) is 38.1 Å². The topological polar surface area (TPSA) is 210 Å². The van der Waals surface area contributed by atoms with Gasteiger partial charge < -0.3 is 0 Å². The molecule has 5 aromatic heterocycles. The number of fused-ring (bicyclic) bond motifs is 7. The summed E-state index contributed by atoms with van der Waals surface area (Å²) in [6.45, 7) is 8.23. The molecular formula is C84H68Br2Cl3F3N10O5S5. The van der Waals surface area contributed by atoms with Gasteiger partial charge in [0, 0.05) is 118 Å². The smallest absolute Gasteiger partial charge is 0.255 e. The Morgan fingerprint density at radius 2 is 1.05 bits per heavy atom. The van der Waals surface area contributed by atoms with Gasteiger partial charge in [0.2, 0.25) is 0 Å². The third kappa shape index (κ3) is 18.8. The van der Waals surface area contributed by atoms with E-state index in [4.69, 9.17) is 34.8 Å². The zero-order chi connectivity index (χ0) is 78.6. The van der Waals surface area contributed by atoms with Gasteiger partial charge in [-0.1, -0.05) is 148 Å². The predicted octanol–water partition coefficient (Wildman–Crippen LogP) is 21.9. The van der Waals surface area contributed by atoms with E-state index in [-0.39, 0.29) is 41.8 Å². The molecule has 0 atom stereocenters. The van der Waals surface area contributed by atoms with Gasteiger partial charge in [0.1, 0.15) is 17.5 Å². The SMILES string of the molecule is CC(C)c1csc(NC(=O)C2=Cc3c(Cl)cccc3C2)n1.CCc1nc(NC(=O)C2=C(Cl)c3cc(Br)ccc3C2)sc1C.O=C(Nc1nc2c(s1)CCC2)C1=Cc2cc(Br)ccc2C1.O=C(Nc1nc2c(s1)CCC2)C1=Cc2cc(F)ccc2C1.O=C(Nc1ncc(Cc2ccc(F)cc2F)s1)C1=C(Cl)c2ccccc2C1. The van der Waals surface area contributed by atoms with E-state index in [9.17, 15) is 37.1 Å². The minimum absolute atomic E-state index is 0.0326. The van der Waals surface area contributed by atoms with Gasteiger partial charge in [0.05, 0.1) is 32.8 Å². The molecule has 28 heteroatoms. The number of carbonyl (C=O) groups excluding carboxylic acids is 5. The number of aryl methyl sites for hydroxylation is 6. The third-order valence-corrected chi connectivity index (χ3v) is 26.2. The quantitative estimate of drug-likeness (QED) is 0.0695. The van der Waals surface area contributed by atoms with E-state index in [0.717, 1.165) is 147 Å². The molecule has 112 heavy (non-hydrogen) atoms. The molecule has 5 N–H and O–H groups in total. The number of thiazole rings is 5. The lowest BCUT2D eigenvalue weighted by atomic mass is 10.1. The largest absolute Gasteiger partial charge is 0.298 e. The molecule has 0 bridgehead atoms. The zero-order valence-electron chi connectivity index (χ0n) is 60.5. The highest BCUT2D eigenvalue weighted by Crippen LogP contribution is 2.41. The number of benzene rings is 6. The Morgan fingerprint density at radius 3 is 1.66 bits per heavy atom. The molecule has 15 nitrogen and oxygen atoms in total. The summed E-state index contributed by atoms with van der Waals surface area (Å²) >= 11 is 33.2. The molecule has 570 valence electrons. The summed E-state index contributed by atoms with van der Waals surface area (Å²) in [7, 11) is 0. The number of amides is 5. The van der Waals surface area contributed by atoms with E-state index in [0.29, 0.717) is 95.9 Å². The molecule has 5 heterocycles. The van der Waals surface area contributed by atoms with E-state index in [2.05, 4.69) is 110 Å². The van der Waals surface area contributed by atoms with E-state index < -0.39 is 11.6 Å². The van der Waals surface area contributed by atoms with E-state index >= 15 is 0 Å². The van der Waals surface area contributed by atoms with Crippen LogP contribution >= 0.6 is 123 Å².